The zero-order chi connectivity index (χ0) is 15.1. The van der Waals surface area contributed by atoms with Gasteiger partial charge in [-0.05, 0) is 30.9 Å². The SMILES string of the molecule is CN(C(CN)C1CC1)S(=O)(=O)c1ccc(Cl)c(F)c1Cl. The summed E-state index contributed by atoms with van der Waals surface area (Å²) < 4.78 is 39.9. The summed E-state index contributed by atoms with van der Waals surface area (Å²) in [6, 6.07) is 2.09. The van der Waals surface area contributed by atoms with Gasteiger partial charge in [0.05, 0.1) is 10.0 Å². The normalized spacial score (nSPS) is 17.5. The molecule has 1 saturated carbocycles. The summed E-state index contributed by atoms with van der Waals surface area (Å²) in [7, 11) is -2.46. The van der Waals surface area contributed by atoms with Gasteiger partial charge in [0.1, 0.15) is 4.90 Å². The van der Waals surface area contributed by atoms with E-state index in [-0.39, 0.29) is 28.4 Å². The van der Waals surface area contributed by atoms with Crippen molar-refractivity contribution in [2.45, 2.75) is 23.8 Å². The second-order valence-corrected chi connectivity index (χ2v) is 7.59. The Morgan fingerprint density at radius 1 is 1.45 bits per heavy atom. The molecule has 4 nitrogen and oxygen atoms in total. The van der Waals surface area contributed by atoms with Gasteiger partial charge in [0.2, 0.25) is 10.0 Å². The van der Waals surface area contributed by atoms with E-state index in [4.69, 9.17) is 28.9 Å². The molecule has 20 heavy (non-hydrogen) atoms. The van der Waals surface area contributed by atoms with Crippen molar-refractivity contribution in [2.75, 3.05) is 13.6 Å². The largest absolute Gasteiger partial charge is 0.329 e. The highest BCUT2D eigenvalue weighted by Crippen LogP contribution is 2.38. The van der Waals surface area contributed by atoms with E-state index in [2.05, 4.69) is 0 Å². The molecule has 0 amide bonds. The highest BCUT2D eigenvalue weighted by molar-refractivity contribution is 7.89. The lowest BCUT2D eigenvalue weighted by atomic mass is 10.2. The Morgan fingerprint density at radius 3 is 2.55 bits per heavy atom. The fourth-order valence-electron chi connectivity index (χ4n) is 2.16. The molecule has 2 rings (SSSR count). The maximum atomic E-state index is 13.7. The average Bonchev–Trinajstić information content (AvgIpc) is 3.21. The second kappa shape index (κ2) is 5.77. The van der Waals surface area contributed by atoms with Gasteiger partial charge in [-0.25, -0.2) is 12.8 Å². The monoisotopic (exact) mass is 340 g/mol. The third kappa shape index (κ3) is 2.80. The number of hydrogen-bond acceptors (Lipinski definition) is 3. The number of rotatable bonds is 5. The number of sulfonamides is 1. The summed E-state index contributed by atoms with van der Waals surface area (Å²) in [5, 5.41) is -0.704. The van der Waals surface area contributed by atoms with Crippen molar-refractivity contribution >= 4 is 33.2 Å². The average molecular weight is 341 g/mol. The molecule has 2 N–H and O–H groups in total. The molecule has 0 aromatic heterocycles. The number of likely N-dealkylation sites (N-methyl/N-ethyl adjacent to an activating group) is 1. The van der Waals surface area contributed by atoms with Gasteiger partial charge in [-0.15, -0.1) is 0 Å². The van der Waals surface area contributed by atoms with Crippen LogP contribution in [-0.4, -0.2) is 32.4 Å². The van der Waals surface area contributed by atoms with Crippen LogP contribution >= 0.6 is 23.2 Å². The molecule has 0 bridgehead atoms. The molecule has 0 heterocycles. The Hall–Kier alpha value is -0.400. The fraction of sp³-hybridized carbons (Fsp3) is 0.500. The molecule has 112 valence electrons. The van der Waals surface area contributed by atoms with Crippen LogP contribution in [0.3, 0.4) is 0 Å². The van der Waals surface area contributed by atoms with Crippen molar-refractivity contribution in [1.82, 2.24) is 4.31 Å². The molecule has 1 aromatic carbocycles. The maximum Gasteiger partial charge on any atom is 0.244 e. The van der Waals surface area contributed by atoms with Crippen molar-refractivity contribution < 1.29 is 12.8 Å². The highest BCUT2D eigenvalue weighted by Gasteiger charge is 2.39. The first-order valence-electron chi connectivity index (χ1n) is 6.12. The Bertz CT molecular complexity index is 620. The minimum absolute atomic E-state index is 0.214. The van der Waals surface area contributed by atoms with Crippen LogP contribution < -0.4 is 5.73 Å². The van der Waals surface area contributed by atoms with Crippen LogP contribution in [-0.2, 0) is 10.0 Å². The van der Waals surface area contributed by atoms with E-state index in [1.165, 1.54) is 23.5 Å². The first kappa shape index (κ1) is 16.0. The summed E-state index contributed by atoms with van der Waals surface area (Å²) in [4.78, 5) is -0.289. The zero-order valence-corrected chi connectivity index (χ0v) is 13.1. The van der Waals surface area contributed by atoms with Gasteiger partial charge >= 0.3 is 0 Å². The highest BCUT2D eigenvalue weighted by atomic mass is 35.5. The summed E-state index contributed by atoms with van der Waals surface area (Å²) in [6.45, 7) is 0.216. The molecule has 0 radical (unpaired) electrons. The van der Waals surface area contributed by atoms with Gasteiger partial charge in [-0.3, -0.25) is 0 Å². The molecule has 1 aliphatic rings. The number of benzene rings is 1. The molecule has 1 atom stereocenters. The van der Waals surface area contributed by atoms with Crippen LogP contribution in [0.5, 0.6) is 0 Å². The predicted octanol–water partition coefficient (Wildman–Crippen LogP) is 2.49. The van der Waals surface area contributed by atoms with E-state index in [1.807, 2.05) is 0 Å². The first-order valence-corrected chi connectivity index (χ1v) is 8.32. The number of nitrogens with two attached hydrogens (primary N) is 1. The van der Waals surface area contributed by atoms with Crippen LogP contribution in [0.4, 0.5) is 4.39 Å². The van der Waals surface area contributed by atoms with Crippen LogP contribution in [0.1, 0.15) is 12.8 Å². The fourth-order valence-corrected chi connectivity index (χ4v) is 4.30. The molecule has 0 saturated heterocycles. The Balaban J connectivity index is 2.42. The lowest BCUT2D eigenvalue weighted by Gasteiger charge is -2.26. The number of hydrogen-bond donors (Lipinski definition) is 1. The van der Waals surface area contributed by atoms with Crippen LogP contribution in [0.25, 0.3) is 0 Å². The molecular weight excluding hydrogens is 326 g/mol. The molecule has 0 aliphatic heterocycles. The maximum absolute atomic E-state index is 13.7. The van der Waals surface area contributed by atoms with Gasteiger partial charge in [-0.2, -0.15) is 4.31 Å². The number of nitrogens with zero attached hydrogens (tertiary/aromatic N) is 1. The summed E-state index contributed by atoms with van der Waals surface area (Å²) in [6.07, 6.45) is 1.90. The van der Waals surface area contributed by atoms with Crippen LogP contribution in [0, 0.1) is 11.7 Å². The molecule has 0 spiro atoms. The van der Waals surface area contributed by atoms with Gasteiger partial charge in [0.25, 0.3) is 0 Å². The Labute approximate surface area is 127 Å². The topological polar surface area (TPSA) is 63.4 Å². The minimum Gasteiger partial charge on any atom is -0.329 e. The summed E-state index contributed by atoms with van der Waals surface area (Å²) in [5.74, 6) is -0.672. The van der Waals surface area contributed by atoms with E-state index in [9.17, 15) is 12.8 Å². The van der Waals surface area contributed by atoms with Crippen molar-refractivity contribution in [2.24, 2.45) is 11.7 Å². The molecule has 1 fully saturated rings. The molecule has 1 aliphatic carbocycles. The van der Waals surface area contributed by atoms with E-state index in [1.54, 1.807) is 0 Å². The zero-order valence-electron chi connectivity index (χ0n) is 10.8. The lowest BCUT2D eigenvalue weighted by Crippen LogP contribution is -2.43. The third-order valence-electron chi connectivity index (χ3n) is 3.53. The summed E-state index contributed by atoms with van der Waals surface area (Å²) in [5.41, 5.74) is 5.65. The minimum atomic E-state index is -3.90. The van der Waals surface area contributed by atoms with E-state index in [0.29, 0.717) is 0 Å². The van der Waals surface area contributed by atoms with E-state index < -0.39 is 20.9 Å². The van der Waals surface area contributed by atoms with Gasteiger partial charge in [0, 0.05) is 19.6 Å². The van der Waals surface area contributed by atoms with E-state index >= 15 is 0 Å². The van der Waals surface area contributed by atoms with Crippen LogP contribution in [0.2, 0.25) is 10.0 Å². The van der Waals surface area contributed by atoms with Crippen molar-refractivity contribution in [3.8, 4) is 0 Å². The van der Waals surface area contributed by atoms with Gasteiger partial charge < -0.3 is 5.73 Å². The van der Waals surface area contributed by atoms with Gasteiger partial charge in [0.15, 0.2) is 5.82 Å². The van der Waals surface area contributed by atoms with Crippen molar-refractivity contribution in [3.05, 3.63) is 28.0 Å². The van der Waals surface area contributed by atoms with E-state index in [0.717, 1.165) is 12.8 Å². The molecule has 1 aromatic rings. The molecular formula is C12H15Cl2FN2O2S. The predicted molar refractivity (Wildman–Crippen MR) is 76.9 cm³/mol. The second-order valence-electron chi connectivity index (χ2n) is 4.84. The van der Waals surface area contributed by atoms with Crippen molar-refractivity contribution in [3.63, 3.8) is 0 Å². The molecule has 1 unspecified atom stereocenters. The number of halogens is 3. The first-order chi connectivity index (χ1) is 9.30. The van der Waals surface area contributed by atoms with Gasteiger partial charge in [-0.1, -0.05) is 23.2 Å². The Kier molecular flexibility index (Phi) is 4.61. The van der Waals surface area contributed by atoms with Crippen molar-refractivity contribution in [1.29, 1.82) is 0 Å². The van der Waals surface area contributed by atoms with Crippen LogP contribution in [0.15, 0.2) is 17.0 Å². The lowest BCUT2D eigenvalue weighted by molar-refractivity contribution is 0.340. The Morgan fingerprint density at radius 2 is 2.05 bits per heavy atom. The third-order valence-corrected chi connectivity index (χ3v) is 6.23. The summed E-state index contributed by atoms with van der Waals surface area (Å²) >= 11 is 11.4. The smallest absolute Gasteiger partial charge is 0.244 e. The molecule has 8 heteroatoms. The quantitative estimate of drug-likeness (QED) is 0.837. The standard InChI is InChI=1S/C12H15Cl2FN2O2S/c1-17(9(6-16)7-2-3-7)20(18,19)10-5-4-8(13)12(15)11(10)14/h4-5,7,9H,2-3,6,16H2,1H3.